The van der Waals surface area contributed by atoms with Crippen LogP contribution in [0.15, 0.2) is 12.5 Å². The summed E-state index contributed by atoms with van der Waals surface area (Å²) in [5.74, 6) is 0.294. The number of aryl methyl sites for hydroxylation is 1. The van der Waals surface area contributed by atoms with Gasteiger partial charge in [-0.15, -0.1) is 0 Å². The third kappa shape index (κ3) is 2.79. The minimum absolute atomic E-state index is 0.0182. The Kier molecular flexibility index (Phi) is 3.85. The number of amides is 1. The quantitative estimate of drug-likeness (QED) is 0.766. The zero-order valence-electron chi connectivity index (χ0n) is 9.47. The van der Waals surface area contributed by atoms with Crippen molar-refractivity contribution >= 4 is 5.91 Å². The lowest BCUT2D eigenvalue weighted by molar-refractivity contribution is 0.0768. The third-order valence-corrected chi connectivity index (χ3v) is 2.37. The van der Waals surface area contributed by atoms with Crippen LogP contribution in [-0.4, -0.2) is 40.5 Å². The van der Waals surface area contributed by atoms with Gasteiger partial charge in [0, 0.05) is 20.6 Å². The summed E-state index contributed by atoms with van der Waals surface area (Å²) in [7, 11) is 3.59. The second kappa shape index (κ2) is 4.93. The Bertz CT molecular complexity index is 334. The van der Waals surface area contributed by atoms with Crippen molar-refractivity contribution < 1.29 is 4.79 Å². The lowest BCUT2D eigenvalue weighted by Crippen LogP contribution is -2.34. The van der Waals surface area contributed by atoms with E-state index in [9.17, 15) is 4.79 Å². The van der Waals surface area contributed by atoms with Gasteiger partial charge in [-0.1, -0.05) is 6.92 Å². The van der Waals surface area contributed by atoms with Gasteiger partial charge in [-0.2, -0.15) is 0 Å². The number of carbonyl (C=O) groups excluding carboxylic acids is 1. The van der Waals surface area contributed by atoms with E-state index < -0.39 is 0 Å². The number of hydrogen-bond donors (Lipinski definition) is 1. The molecule has 1 atom stereocenters. The van der Waals surface area contributed by atoms with Gasteiger partial charge in [-0.25, -0.2) is 4.98 Å². The molecule has 1 rings (SSSR count). The maximum absolute atomic E-state index is 11.9. The SMILES string of the molecule is CC(CN)CN(C)C(=O)c1cncn1C. The Morgan fingerprint density at radius 3 is 2.87 bits per heavy atom. The predicted molar refractivity (Wildman–Crippen MR) is 58.4 cm³/mol. The molecule has 1 unspecified atom stereocenters. The number of nitrogens with two attached hydrogens (primary N) is 1. The molecule has 0 saturated carbocycles. The highest BCUT2D eigenvalue weighted by molar-refractivity contribution is 5.92. The maximum Gasteiger partial charge on any atom is 0.271 e. The fourth-order valence-corrected chi connectivity index (χ4v) is 1.38. The highest BCUT2D eigenvalue weighted by Gasteiger charge is 2.16. The molecule has 1 amide bonds. The Morgan fingerprint density at radius 2 is 2.40 bits per heavy atom. The first kappa shape index (κ1) is 11.7. The molecule has 0 radical (unpaired) electrons. The van der Waals surface area contributed by atoms with Crippen molar-refractivity contribution in [2.24, 2.45) is 18.7 Å². The number of imidazole rings is 1. The van der Waals surface area contributed by atoms with Gasteiger partial charge in [0.1, 0.15) is 5.69 Å². The smallest absolute Gasteiger partial charge is 0.271 e. The van der Waals surface area contributed by atoms with Crippen molar-refractivity contribution in [1.29, 1.82) is 0 Å². The van der Waals surface area contributed by atoms with Crippen LogP contribution >= 0.6 is 0 Å². The van der Waals surface area contributed by atoms with Gasteiger partial charge in [0.05, 0.1) is 12.5 Å². The number of aromatic nitrogens is 2. The van der Waals surface area contributed by atoms with E-state index >= 15 is 0 Å². The standard InChI is InChI=1S/C10H18N4O/c1-8(4-11)6-13(2)10(15)9-5-12-7-14(9)3/h5,7-8H,4,6,11H2,1-3H3. The molecular weight excluding hydrogens is 192 g/mol. The summed E-state index contributed by atoms with van der Waals surface area (Å²) in [5, 5.41) is 0. The molecule has 15 heavy (non-hydrogen) atoms. The van der Waals surface area contributed by atoms with Crippen molar-refractivity contribution in [3.63, 3.8) is 0 Å². The molecule has 5 nitrogen and oxygen atoms in total. The average molecular weight is 210 g/mol. The van der Waals surface area contributed by atoms with Crippen molar-refractivity contribution in [2.45, 2.75) is 6.92 Å². The molecule has 1 heterocycles. The fourth-order valence-electron chi connectivity index (χ4n) is 1.38. The van der Waals surface area contributed by atoms with Crippen LogP contribution in [0.5, 0.6) is 0 Å². The molecular formula is C10H18N4O. The summed E-state index contributed by atoms with van der Waals surface area (Å²) in [6.07, 6.45) is 3.19. The van der Waals surface area contributed by atoms with E-state index in [2.05, 4.69) is 4.98 Å². The molecule has 2 N–H and O–H groups in total. The monoisotopic (exact) mass is 210 g/mol. The van der Waals surface area contributed by atoms with E-state index in [1.807, 2.05) is 6.92 Å². The summed E-state index contributed by atoms with van der Waals surface area (Å²) in [4.78, 5) is 17.5. The number of rotatable bonds is 4. The summed E-state index contributed by atoms with van der Waals surface area (Å²) in [5.41, 5.74) is 6.11. The molecule has 0 fully saturated rings. The fraction of sp³-hybridized carbons (Fsp3) is 0.600. The lowest BCUT2D eigenvalue weighted by Gasteiger charge is -2.20. The van der Waals surface area contributed by atoms with Gasteiger partial charge < -0.3 is 15.2 Å². The largest absolute Gasteiger partial charge is 0.340 e. The first-order chi connectivity index (χ1) is 7.06. The molecule has 0 saturated heterocycles. The van der Waals surface area contributed by atoms with Crippen LogP contribution in [0.25, 0.3) is 0 Å². The van der Waals surface area contributed by atoms with Gasteiger partial charge >= 0.3 is 0 Å². The number of nitrogens with zero attached hydrogens (tertiary/aromatic N) is 3. The van der Waals surface area contributed by atoms with Crippen LogP contribution in [0.3, 0.4) is 0 Å². The normalized spacial score (nSPS) is 12.5. The summed E-state index contributed by atoms with van der Waals surface area (Å²) in [6.45, 7) is 3.27. The second-order valence-corrected chi connectivity index (χ2v) is 3.92. The van der Waals surface area contributed by atoms with Crippen LogP contribution in [0.2, 0.25) is 0 Å². The zero-order valence-corrected chi connectivity index (χ0v) is 9.47. The molecule has 0 aliphatic rings. The van der Waals surface area contributed by atoms with Crippen molar-refractivity contribution in [1.82, 2.24) is 14.5 Å². The van der Waals surface area contributed by atoms with Crippen LogP contribution < -0.4 is 5.73 Å². The van der Waals surface area contributed by atoms with Crippen molar-refractivity contribution in [3.8, 4) is 0 Å². The number of carbonyl (C=O) groups is 1. The summed E-state index contributed by atoms with van der Waals surface area (Å²) < 4.78 is 1.71. The van der Waals surface area contributed by atoms with Crippen molar-refractivity contribution in [2.75, 3.05) is 20.1 Å². The summed E-state index contributed by atoms with van der Waals surface area (Å²) in [6, 6.07) is 0. The molecule has 0 bridgehead atoms. The van der Waals surface area contributed by atoms with Crippen molar-refractivity contribution in [3.05, 3.63) is 18.2 Å². The molecule has 1 aromatic heterocycles. The predicted octanol–water partition coefficient (Wildman–Crippen LogP) is 0.0869. The summed E-state index contributed by atoms with van der Waals surface area (Å²) >= 11 is 0. The van der Waals surface area contributed by atoms with E-state index in [1.165, 1.54) is 0 Å². The number of hydrogen-bond acceptors (Lipinski definition) is 3. The van der Waals surface area contributed by atoms with E-state index in [1.54, 1.807) is 36.1 Å². The average Bonchev–Trinajstić information content (AvgIpc) is 2.63. The van der Waals surface area contributed by atoms with Gasteiger partial charge in [-0.05, 0) is 12.5 Å². The zero-order chi connectivity index (χ0) is 11.4. The Balaban J connectivity index is 2.65. The van der Waals surface area contributed by atoms with Gasteiger partial charge in [0.2, 0.25) is 0 Å². The first-order valence-electron chi connectivity index (χ1n) is 4.98. The highest BCUT2D eigenvalue weighted by Crippen LogP contribution is 2.04. The van der Waals surface area contributed by atoms with Gasteiger partial charge in [0.25, 0.3) is 5.91 Å². The molecule has 0 aromatic carbocycles. The van der Waals surface area contributed by atoms with E-state index in [0.717, 1.165) is 0 Å². The molecule has 0 aliphatic carbocycles. The first-order valence-corrected chi connectivity index (χ1v) is 4.98. The Hall–Kier alpha value is -1.36. The van der Waals surface area contributed by atoms with E-state index in [-0.39, 0.29) is 5.91 Å². The topological polar surface area (TPSA) is 64.2 Å². The Labute approximate surface area is 89.9 Å². The van der Waals surface area contributed by atoms with E-state index in [4.69, 9.17) is 5.73 Å². The molecule has 84 valence electrons. The van der Waals surface area contributed by atoms with Crippen LogP contribution in [-0.2, 0) is 7.05 Å². The molecule has 0 spiro atoms. The minimum atomic E-state index is -0.0182. The highest BCUT2D eigenvalue weighted by atomic mass is 16.2. The second-order valence-electron chi connectivity index (χ2n) is 3.92. The molecule has 5 heteroatoms. The molecule has 0 aliphatic heterocycles. The maximum atomic E-state index is 11.9. The Morgan fingerprint density at radius 1 is 1.73 bits per heavy atom. The van der Waals surface area contributed by atoms with E-state index in [0.29, 0.717) is 24.7 Å². The lowest BCUT2D eigenvalue weighted by atomic mass is 10.2. The van der Waals surface area contributed by atoms with Gasteiger partial charge in [-0.3, -0.25) is 4.79 Å². The van der Waals surface area contributed by atoms with Crippen LogP contribution in [0, 0.1) is 5.92 Å². The van der Waals surface area contributed by atoms with Crippen LogP contribution in [0.4, 0.5) is 0 Å². The third-order valence-electron chi connectivity index (χ3n) is 2.37. The molecule has 1 aromatic rings. The van der Waals surface area contributed by atoms with Crippen LogP contribution in [0.1, 0.15) is 17.4 Å². The van der Waals surface area contributed by atoms with Gasteiger partial charge in [0.15, 0.2) is 0 Å². The minimum Gasteiger partial charge on any atom is -0.340 e.